The molecule has 76 valence electrons. The van der Waals surface area contributed by atoms with Crippen LogP contribution in [0.3, 0.4) is 0 Å². The second-order valence-electron chi connectivity index (χ2n) is 4.30. The Labute approximate surface area is 83.6 Å². The van der Waals surface area contributed by atoms with E-state index in [4.69, 9.17) is 0 Å². The molecule has 0 aromatic heterocycles. The Morgan fingerprint density at radius 1 is 1.21 bits per heavy atom. The minimum atomic E-state index is -0.678. The monoisotopic (exact) mass is 194 g/mol. The van der Waals surface area contributed by atoms with Gasteiger partial charge >= 0.3 is 0 Å². The molecule has 1 aromatic rings. The largest absolute Gasteiger partial charge is 0.385 e. The molecule has 0 atom stereocenters. The van der Waals surface area contributed by atoms with Crippen LogP contribution in [0.25, 0.3) is 0 Å². The third kappa shape index (κ3) is 1.34. The molecule has 1 aliphatic carbocycles. The van der Waals surface area contributed by atoms with Gasteiger partial charge in [-0.2, -0.15) is 0 Å². The van der Waals surface area contributed by atoms with Crippen LogP contribution in [0, 0.1) is 19.7 Å². The van der Waals surface area contributed by atoms with Crippen molar-refractivity contribution in [2.45, 2.75) is 38.7 Å². The van der Waals surface area contributed by atoms with E-state index in [0.29, 0.717) is 5.56 Å². The molecular formula is C12H15FO. The second-order valence-corrected chi connectivity index (χ2v) is 4.30. The van der Waals surface area contributed by atoms with Gasteiger partial charge in [-0.05, 0) is 55.9 Å². The summed E-state index contributed by atoms with van der Waals surface area (Å²) in [4.78, 5) is 0. The zero-order chi connectivity index (χ0) is 10.3. The Morgan fingerprint density at radius 3 is 2.36 bits per heavy atom. The molecule has 1 fully saturated rings. The van der Waals surface area contributed by atoms with Gasteiger partial charge in [-0.25, -0.2) is 4.39 Å². The highest BCUT2D eigenvalue weighted by molar-refractivity contribution is 5.37. The van der Waals surface area contributed by atoms with Gasteiger partial charge < -0.3 is 5.11 Å². The lowest BCUT2D eigenvalue weighted by Gasteiger charge is -2.38. The zero-order valence-corrected chi connectivity index (χ0v) is 8.60. The van der Waals surface area contributed by atoms with E-state index in [0.717, 1.165) is 30.4 Å². The van der Waals surface area contributed by atoms with Crippen LogP contribution in [0.15, 0.2) is 12.1 Å². The van der Waals surface area contributed by atoms with Gasteiger partial charge in [0.25, 0.3) is 0 Å². The van der Waals surface area contributed by atoms with E-state index in [2.05, 4.69) is 0 Å². The van der Waals surface area contributed by atoms with Gasteiger partial charge in [0, 0.05) is 0 Å². The summed E-state index contributed by atoms with van der Waals surface area (Å²) in [5.74, 6) is -0.186. The molecule has 14 heavy (non-hydrogen) atoms. The number of hydrogen-bond donors (Lipinski definition) is 1. The van der Waals surface area contributed by atoms with Gasteiger partial charge in [-0.1, -0.05) is 6.07 Å². The van der Waals surface area contributed by atoms with Crippen LogP contribution >= 0.6 is 0 Å². The summed E-state index contributed by atoms with van der Waals surface area (Å²) < 4.78 is 13.2. The topological polar surface area (TPSA) is 20.2 Å². The SMILES string of the molecule is Cc1cc(C2(O)CCC2)c(C)cc1F. The predicted octanol–water partition coefficient (Wildman–Crippen LogP) is 2.81. The normalized spacial score (nSPS) is 19.1. The van der Waals surface area contributed by atoms with E-state index in [1.54, 1.807) is 13.0 Å². The fourth-order valence-electron chi connectivity index (χ4n) is 2.06. The van der Waals surface area contributed by atoms with Crippen molar-refractivity contribution in [2.75, 3.05) is 0 Å². The summed E-state index contributed by atoms with van der Waals surface area (Å²) in [6, 6.07) is 3.30. The van der Waals surface area contributed by atoms with Gasteiger partial charge in [0.2, 0.25) is 0 Å². The van der Waals surface area contributed by atoms with Crippen molar-refractivity contribution in [1.82, 2.24) is 0 Å². The molecule has 0 heterocycles. The Morgan fingerprint density at radius 2 is 1.86 bits per heavy atom. The molecule has 0 spiro atoms. The molecule has 0 aliphatic heterocycles. The molecule has 1 saturated carbocycles. The molecule has 1 nitrogen and oxygen atoms in total. The Kier molecular flexibility index (Phi) is 2.11. The first-order chi connectivity index (χ1) is 6.53. The summed E-state index contributed by atoms with van der Waals surface area (Å²) in [5, 5.41) is 10.2. The highest BCUT2D eigenvalue weighted by Gasteiger charge is 2.37. The average Bonchev–Trinajstić information content (AvgIpc) is 2.07. The lowest BCUT2D eigenvalue weighted by molar-refractivity contribution is -0.0394. The molecular weight excluding hydrogens is 179 g/mol. The molecule has 1 aromatic carbocycles. The highest BCUT2D eigenvalue weighted by Crippen LogP contribution is 2.42. The smallest absolute Gasteiger partial charge is 0.126 e. The Bertz CT molecular complexity index is 367. The molecule has 1 N–H and O–H groups in total. The minimum absolute atomic E-state index is 0.186. The van der Waals surface area contributed by atoms with E-state index in [9.17, 15) is 9.50 Å². The number of halogens is 1. The van der Waals surface area contributed by atoms with E-state index < -0.39 is 5.60 Å². The van der Waals surface area contributed by atoms with Crippen LogP contribution in [0.4, 0.5) is 4.39 Å². The van der Waals surface area contributed by atoms with Crippen LogP contribution in [0.5, 0.6) is 0 Å². The van der Waals surface area contributed by atoms with Crippen LogP contribution in [-0.2, 0) is 5.60 Å². The van der Waals surface area contributed by atoms with Crippen LogP contribution < -0.4 is 0 Å². The van der Waals surface area contributed by atoms with E-state index in [1.807, 2.05) is 6.92 Å². The quantitative estimate of drug-likeness (QED) is 0.728. The summed E-state index contributed by atoms with van der Waals surface area (Å²) in [7, 11) is 0. The Balaban J connectivity index is 2.48. The molecule has 0 unspecified atom stereocenters. The van der Waals surface area contributed by atoms with E-state index in [1.165, 1.54) is 6.07 Å². The third-order valence-corrected chi connectivity index (χ3v) is 3.19. The summed E-state index contributed by atoms with van der Waals surface area (Å²) in [5.41, 5.74) is 1.70. The lowest BCUT2D eigenvalue weighted by Crippen LogP contribution is -2.34. The number of aryl methyl sites for hydroxylation is 2. The van der Waals surface area contributed by atoms with Crippen LogP contribution in [-0.4, -0.2) is 5.11 Å². The van der Waals surface area contributed by atoms with Crippen molar-refractivity contribution in [1.29, 1.82) is 0 Å². The predicted molar refractivity (Wildman–Crippen MR) is 53.6 cm³/mol. The van der Waals surface area contributed by atoms with Crippen molar-refractivity contribution < 1.29 is 9.50 Å². The molecule has 0 radical (unpaired) electrons. The number of aliphatic hydroxyl groups is 1. The average molecular weight is 194 g/mol. The van der Waals surface area contributed by atoms with Crippen LogP contribution in [0.2, 0.25) is 0 Å². The van der Waals surface area contributed by atoms with Crippen molar-refractivity contribution in [3.05, 3.63) is 34.6 Å². The van der Waals surface area contributed by atoms with Crippen LogP contribution in [0.1, 0.15) is 36.0 Å². The maximum Gasteiger partial charge on any atom is 0.126 e. The van der Waals surface area contributed by atoms with Gasteiger partial charge in [0.15, 0.2) is 0 Å². The number of hydrogen-bond acceptors (Lipinski definition) is 1. The fraction of sp³-hybridized carbons (Fsp3) is 0.500. The van der Waals surface area contributed by atoms with E-state index in [-0.39, 0.29) is 5.82 Å². The fourth-order valence-corrected chi connectivity index (χ4v) is 2.06. The van der Waals surface area contributed by atoms with Gasteiger partial charge in [-0.3, -0.25) is 0 Å². The summed E-state index contributed by atoms with van der Waals surface area (Å²) in [6.07, 6.45) is 2.67. The van der Waals surface area contributed by atoms with Gasteiger partial charge in [0.1, 0.15) is 5.82 Å². The second kappa shape index (κ2) is 3.06. The summed E-state index contributed by atoms with van der Waals surface area (Å²) >= 11 is 0. The maximum absolute atomic E-state index is 13.2. The Hall–Kier alpha value is -0.890. The lowest BCUT2D eigenvalue weighted by atomic mass is 9.73. The highest BCUT2D eigenvalue weighted by atomic mass is 19.1. The molecule has 0 saturated heterocycles. The molecule has 0 bridgehead atoms. The van der Waals surface area contributed by atoms with Gasteiger partial charge in [-0.15, -0.1) is 0 Å². The first kappa shape index (κ1) is 9.66. The van der Waals surface area contributed by atoms with Crippen molar-refractivity contribution >= 4 is 0 Å². The van der Waals surface area contributed by atoms with E-state index >= 15 is 0 Å². The zero-order valence-electron chi connectivity index (χ0n) is 8.60. The van der Waals surface area contributed by atoms with Crippen molar-refractivity contribution in [2.24, 2.45) is 0 Å². The number of rotatable bonds is 1. The summed E-state index contributed by atoms with van der Waals surface area (Å²) in [6.45, 7) is 3.59. The third-order valence-electron chi connectivity index (χ3n) is 3.19. The van der Waals surface area contributed by atoms with Crippen molar-refractivity contribution in [3.8, 4) is 0 Å². The number of benzene rings is 1. The maximum atomic E-state index is 13.2. The van der Waals surface area contributed by atoms with Crippen molar-refractivity contribution in [3.63, 3.8) is 0 Å². The molecule has 1 aliphatic rings. The standard InChI is InChI=1S/C12H15FO/c1-8-7-11(13)9(2)6-10(8)12(14)4-3-5-12/h6-7,14H,3-5H2,1-2H3. The minimum Gasteiger partial charge on any atom is -0.385 e. The first-order valence-corrected chi connectivity index (χ1v) is 5.02. The molecule has 2 rings (SSSR count). The first-order valence-electron chi connectivity index (χ1n) is 5.02. The molecule has 0 amide bonds. The molecule has 2 heteroatoms. The van der Waals surface area contributed by atoms with Gasteiger partial charge in [0.05, 0.1) is 5.60 Å².